The Morgan fingerprint density at radius 1 is 1.33 bits per heavy atom. The Bertz CT molecular complexity index is 321. The van der Waals surface area contributed by atoms with E-state index >= 15 is 0 Å². The van der Waals surface area contributed by atoms with E-state index in [-0.39, 0.29) is 5.91 Å². The molecule has 1 amide bonds. The molecule has 1 N–H and O–H groups in total. The van der Waals surface area contributed by atoms with Gasteiger partial charge in [-0.15, -0.1) is 0 Å². The van der Waals surface area contributed by atoms with Crippen molar-refractivity contribution < 1.29 is 4.79 Å². The molecule has 1 aromatic carbocycles. The van der Waals surface area contributed by atoms with Crippen LogP contribution in [0.1, 0.15) is 23.7 Å². The molecule has 1 rings (SSSR count). The summed E-state index contributed by atoms with van der Waals surface area (Å²) < 4.78 is 0. The van der Waals surface area contributed by atoms with Crippen LogP contribution in [-0.2, 0) is 0 Å². The van der Waals surface area contributed by atoms with Gasteiger partial charge in [0.25, 0.3) is 5.91 Å². The maximum Gasteiger partial charge on any atom is 0.251 e. The Kier molecular flexibility index (Phi) is 4.41. The van der Waals surface area contributed by atoms with E-state index in [0.717, 1.165) is 5.56 Å². The van der Waals surface area contributed by atoms with Gasteiger partial charge in [0.15, 0.2) is 6.71 Å². The number of nitrogens with one attached hydrogen (secondary N) is 1. The van der Waals surface area contributed by atoms with E-state index in [1.807, 2.05) is 24.3 Å². The highest BCUT2D eigenvalue weighted by atomic mass is 16.1. The molecule has 0 aromatic heterocycles. The molecular formula is C12H18BNO. The summed E-state index contributed by atoms with van der Waals surface area (Å²) in [5, 5.41) is 2.62. The predicted molar refractivity (Wildman–Crippen MR) is 66.2 cm³/mol. The molecule has 0 radical (unpaired) electrons. The summed E-state index contributed by atoms with van der Waals surface area (Å²) in [5.41, 5.74) is 2.04. The molecule has 0 aliphatic heterocycles. The maximum atomic E-state index is 11.3. The van der Waals surface area contributed by atoms with E-state index in [9.17, 15) is 4.79 Å². The molecule has 0 saturated carbocycles. The van der Waals surface area contributed by atoms with Gasteiger partial charge in [-0.2, -0.15) is 0 Å². The summed E-state index contributed by atoms with van der Waals surface area (Å²) in [6.45, 7) is 4.99. The van der Waals surface area contributed by atoms with Crippen LogP contribution in [0.25, 0.3) is 0 Å². The summed E-state index contributed by atoms with van der Waals surface area (Å²) in [6, 6.07) is 7.87. The first-order valence-corrected chi connectivity index (χ1v) is 5.51. The molecule has 0 saturated heterocycles. The van der Waals surface area contributed by atoms with Crippen molar-refractivity contribution in [2.24, 2.45) is 0 Å². The van der Waals surface area contributed by atoms with E-state index in [0.29, 0.717) is 6.71 Å². The third-order valence-corrected chi connectivity index (χ3v) is 2.69. The van der Waals surface area contributed by atoms with Gasteiger partial charge in [0.1, 0.15) is 0 Å². The van der Waals surface area contributed by atoms with Gasteiger partial charge >= 0.3 is 0 Å². The Morgan fingerprint density at radius 2 is 1.93 bits per heavy atom. The molecule has 3 heteroatoms. The minimum Gasteiger partial charge on any atom is -0.355 e. The van der Waals surface area contributed by atoms with E-state index in [1.54, 1.807) is 7.05 Å². The van der Waals surface area contributed by atoms with Crippen LogP contribution in [-0.4, -0.2) is 19.7 Å². The minimum absolute atomic E-state index is 0.0234. The quantitative estimate of drug-likeness (QED) is 0.742. The van der Waals surface area contributed by atoms with Gasteiger partial charge in [0, 0.05) is 12.6 Å². The zero-order valence-electron chi connectivity index (χ0n) is 9.71. The first-order chi connectivity index (χ1) is 7.19. The van der Waals surface area contributed by atoms with Crippen molar-refractivity contribution in [1.29, 1.82) is 0 Å². The lowest BCUT2D eigenvalue weighted by Gasteiger charge is -2.07. The second-order valence-electron chi connectivity index (χ2n) is 3.89. The fourth-order valence-corrected chi connectivity index (χ4v) is 1.71. The molecule has 80 valence electrons. The molecule has 0 fully saturated rings. The van der Waals surface area contributed by atoms with Crippen LogP contribution in [0, 0.1) is 0 Å². The summed E-state index contributed by atoms with van der Waals surface area (Å²) >= 11 is 0. The van der Waals surface area contributed by atoms with Crippen molar-refractivity contribution in [3.8, 4) is 0 Å². The van der Waals surface area contributed by atoms with Crippen molar-refractivity contribution >= 4 is 18.1 Å². The number of carbonyl (C=O) groups is 1. The van der Waals surface area contributed by atoms with E-state index < -0.39 is 0 Å². The van der Waals surface area contributed by atoms with Gasteiger partial charge in [0.05, 0.1) is 0 Å². The molecule has 0 unspecified atom stereocenters. The molecule has 2 nitrogen and oxygen atoms in total. The molecule has 15 heavy (non-hydrogen) atoms. The normalized spacial score (nSPS) is 9.80. The predicted octanol–water partition coefficient (Wildman–Crippen LogP) is 1.79. The van der Waals surface area contributed by atoms with Crippen LogP contribution in [0.2, 0.25) is 13.1 Å². The van der Waals surface area contributed by atoms with Crippen LogP contribution in [0.5, 0.6) is 0 Å². The fraction of sp³-hybridized carbons (Fsp3) is 0.417. The van der Waals surface area contributed by atoms with Crippen LogP contribution < -0.4 is 10.8 Å². The number of hydrogen-bond donors (Lipinski definition) is 1. The van der Waals surface area contributed by atoms with Gasteiger partial charge in [-0.1, -0.05) is 44.1 Å². The lowest BCUT2D eigenvalue weighted by atomic mass is 9.44. The van der Waals surface area contributed by atoms with Crippen molar-refractivity contribution in [1.82, 2.24) is 5.32 Å². The van der Waals surface area contributed by atoms with Gasteiger partial charge in [-0.3, -0.25) is 4.79 Å². The minimum atomic E-state index is -0.0234. The standard InChI is InChI=1S/C12H18BNO/c1-4-9-13(2)11-7-5-10(6-8-11)12(15)14-3/h5-8H,4,9H2,1-3H3,(H,14,15). The molecule has 0 spiro atoms. The number of amides is 1. The van der Waals surface area contributed by atoms with Gasteiger partial charge < -0.3 is 5.32 Å². The number of carbonyl (C=O) groups excluding carboxylic acids is 1. The lowest BCUT2D eigenvalue weighted by molar-refractivity contribution is 0.0963. The third-order valence-electron chi connectivity index (χ3n) is 2.69. The smallest absolute Gasteiger partial charge is 0.251 e. The summed E-state index contributed by atoms with van der Waals surface area (Å²) in [4.78, 5) is 11.3. The van der Waals surface area contributed by atoms with Crippen molar-refractivity contribution in [2.45, 2.75) is 26.5 Å². The van der Waals surface area contributed by atoms with Crippen LogP contribution in [0.3, 0.4) is 0 Å². The van der Waals surface area contributed by atoms with Gasteiger partial charge in [-0.25, -0.2) is 0 Å². The average Bonchev–Trinajstić information content (AvgIpc) is 2.28. The molecule has 0 heterocycles. The molecule has 0 aliphatic carbocycles. The van der Waals surface area contributed by atoms with E-state index in [1.165, 1.54) is 18.2 Å². The molecule has 1 aromatic rings. The fourth-order valence-electron chi connectivity index (χ4n) is 1.71. The number of benzene rings is 1. The Morgan fingerprint density at radius 3 is 2.40 bits per heavy atom. The van der Waals surface area contributed by atoms with Crippen molar-refractivity contribution in [3.63, 3.8) is 0 Å². The zero-order valence-corrected chi connectivity index (χ0v) is 9.71. The second-order valence-corrected chi connectivity index (χ2v) is 3.89. The Hall–Kier alpha value is -1.25. The van der Waals surface area contributed by atoms with E-state index in [4.69, 9.17) is 0 Å². The summed E-state index contributed by atoms with van der Waals surface area (Å²) in [6.07, 6.45) is 2.39. The largest absolute Gasteiger partial charge is 0.355 e. The Labute approximate surface area is 92.2 Å². The topological polar surface area (TPSA) is 29.1 Å². The zero-order chi connectivity index (χ0) is 11.3. The molecular weight excluding hydrogens is 185 g/mol. The molecule has 0 aliphatic rings. The number of hydrogen-bond acceptors (Lipinski definition) is 1. The average molecular weight is 203 g/mol. The highest BCUT2D eigenvalue weighted by Crippen LogP contribution is 2.01. The maximum absolute atomic E-state index is 11.3. The van der Waals surface area contributed by atoms with Crippen LogP contribution in [0.15, 0.2) is 24.3 Å². The SMILES string of the molecule is CCCB(C)c1ccc(C(=O)NC)cc1. The van der Waals surface area contributed by atoms with Gasteiger partial charge in [-0.05, 0) is 12.1 Å². The van der Waals surface area contributed by atoms with Crippen LogP contribution in [0.4, 0.5) is 0 Å². The second kappa shape index (κ2) is 5.59. The molecule has 0 bridgehead atoms. The summed E-state index contributed by atoms with van der Waals surface area (Å²) in [5.74, 6) is -0.0234. The first kappa shape index (κ1) is 11.8. The Balaban J connectivity index is 2.76. The highest BCUT2D eigenvalue weighted by molar-refractivity contribution is 6.71. The van der Waals surface area contributed by atoms with Crippen molar-refractivity contribution in [2.75, 3.05) is 7.05 Å². The van der Waals surface area contributed by atoms with Gasteiger partial charge in [0.2, 0.25) is 0 Å². The monoisotopic (exact) mass is 203 g/mol. The highest BCUT2D eigenvalue weighted by Gasteiger charge is 2.09. The van der Waals surface area contributed by atoms with Crippen LogP contribution >= 0.6 is 0 Å². The van der Waals surface area contributed by atoms with Crippen molar-refractivity contribution in [3.05, 3.63) is 29.8 Å². The molecule has 0 atom stereocenters. The lowest BCUT2D eigenvalue weighted by Crippen LogP contribution is -2.26. The summed E-state index contributed by atoms with van der Waals surface area (Å²) in [7, 11) is 1.65. The van der Waals surface area contributed by atoms with E-state index in [2.05, 4.69) is 19.1 Å². The first-order valence-electron chi connectivity index (χ1n) is 5.51. The number of rotatable bonds is 4. The third kappa shape index (κ3) is 3.12.